The van der Waals surface area contributed by atoms with E-state index in [-0.39, 0.29) is 5.54 Å². The molecule has 0 fully saturated rings. The van der Waals surface area contributed by atoms with Gasteiger partial charge >= 0.3 is 0 Å². The topological polar surface area (TPSA) is 48.4 Å². The van der Waals surface area contributed by atoms with Gasteiger partial charge in [0.25, 0.3) is 0 Å². The van der Waals surface area contributed by atoms with E-state index in [0.717, 1.165) is 11.5 Å². The van der Waals surface area contributed by atoms with Gasteiger partial charge in [0.1, 0.15) is 18.1 Å². The molecule has 1 heterocycles. The Morgan fingerprint density at radius 1 is 1.46 bits per heavy atom. The lowest BCUT2D eigenvalue weighted by molar-refractivity contribution is 0.0733. The molecular formula is C10H17NO2. The molecule has 0 aliphatic rings. The van der Waals surface area contributed by atoms with Gasteiger partial charge in [-0.05, 0) is 32.9 Å². The van der Waals surface area contributed by atoms with E-state index >= 15 is 0 Å². The molecule has 1 rings (SSSR count). The summed E-state index contributed by atoms with van der Waals surface area (Å²) < 4.78 is 10.7. The van der Waals surface area contributed by atoms with Crippen LogP contribution in [0.1, 0.15) is 25.4 Å². The quantitative estimate of drug-likeness (QED) is 0.774. The number of hydrogen-bond acceptors (Lipinski definition) is 3. The third kappa shape index (κ3) is 4.10. The van der Waals surface area contributed by atoms with Gasteiger partial charge in [0, 0.05) is 5.54 Å². The van der Waals surface area contributed by atoms with Crippen molar-refractivity contribution in [2.45, 2.75) is 32.9 Å². The minimum Gasteiger partial charge on any atom is -0.464 e. The number of rotatable bonds is 4. The first-order valence-corrected chi connectivity index (χ1v) is 4.39. The second-order valence-corrected chi connectivity index (χ2v) is 3.99. The predicted octanol–water partition coefficient (Wildman–Crippen LogP) is 1.84. The maximum absolute atomic E-state index is 5.75. The van der Waals surface area contributed by atoms with Crippen molar-refractivity contribution in [1.82, 2.24) is 0 Å². The van der Waals surface area contributed by atoms with Crippen LogP contribution in [0.2, 0.25) is 0 Å². The number of aryl methyl sites for hydroxylation is 1. The monoisotopic (exact) mass is 183 g/mol. The van der Waals surface area contributed by atoms with Crippen molar-refractivity contribution in [3.05, 3.63) is 23.7 Å². The first kappa shape index (κ1) is 10.3. The maximum Gasteiger partial charge on any atom is 0.129 e. The van der Waals surface area contributed by atoms with Crippen molar-refractivity contribution in [1.29, 1.82) is 0 Å². The highest BCUT2D eigenvalue weighted by atomic mass is 16.5. The molecule has 0 saturated carbocycles. The Balaban J connectivity index is 2.28. The summed E-state index contributed by atoms with van der Waals surface area (Å²) in [4.78, 5) is 0. The number of nitrogens with two attached hydrogens (primary N) is 1. The number of ether oxygens (including phenoxy) is 1. The van der Waals surface area contributed by atoms with E-state index in [0.29, 0.717) is 13.2 Å². The summed E-state index contributed by atoms with van der Waals surface area (Å²) in [6.07, 6.45) is 0. The minimum atomic E-state index is -0.276. The molecule has 2 N–H and O–H groups in total. The van der Waals surface area contributed by atoms with Crippen LogP contribution in [0, 0.1) is 6.92 Å². The van der Waals surface area contributed by atoms with Gasteiger partial charge < -0.3 is 14.9 Å². The Labute approximate surface area is 78.9 Å². The Morgan fingerprint density at radius 3 is 2.62 bits per heavy atom. The second kappa shape index (κ2) is 3.94. The third-order valence-electron chi connectivity index (χ3n) is 1.51. The molecule has 1 aromatic rings. The van der Waals surface area contributed by atoms with E-state index in [1.165, 1.54) is 0 Å². The lowest BCUT2D eigenvalue weighted by Gasteiger charge is -2.17. The first-order chi connectivity index (χ1) is 5.97. The van der Waals surface area contributed by atoms with Crippen LogP contribution in [0.5, 0.6) is 0 Å². The van der Waals surface area contributed by atoms with Crippen LogP contribution in [-0.4, -0.2) is 12.1 Å². The SMILES string of the molecule is Cc1ccc(COCC(C)(C)N)o1. The van der Waals surface area contributed by atoms with E-state index in [2.05, 4.69) is 0 Å². The highest BCUT2D eigenvalue weighted by Gasteiger charge is 2.10. The molecular weight excluding hydrogens is 166 g/mol. The Hall–Kier alpha value is -0.800. The molecule has 0 aliphatic heterocycles. The third-order valence-corrected chi connectivity index (χ3v) is 1.51. The lowest BCUT2D eigenvalue weighted by atomic mass is 10.1. The smallest absolute Gasteiger partial charge is 0.129 e. The molecule has 3 nitrogen and oxygen atoms in total. The molecule has 0 unspecified atom stereocenters. The average Bonchev–Trinajstić information content (AvgIpc) is 2.33. The van der Waals surface area contributed by atoms with Gasteiger partial charge in [-0.2, -0.15) is 0 Å². The molecule has 0 aliphatic carbocycles. The number of hydrogen-bond donors (Lipinski definition) is 1. The molecule has 0 bridgehead atoms. The number of furan rings is 1. The van der Waals surface area contributed by atoms with Crippen molar-refractivity contribution in [2.75, 3.05) is 6.61 Å². The van der Waals surface area contributed by atoms with E-state index < -0.39 is 0 Å². The Morgan fingerprint density at radius 2 is 2.15 bits per heavy atom. The molecule has 0 saturated heterocycles. The molecule has 13 heavy (non-hydrogen) atoms. The van der Waals surface area contributed by atoms with Crippen molar-refractivity contribution in [3.63, 3.8) is 0 Å². The summed E-state index contributed by atoms with van der Waals surface area (Å²) in [5.74, 6) is 1.76. The fraction of sp³-hybridized carbons (Fsp3) is 0.600. The van der Waals surface area contributed by atoms with Crippen molar-refractivity contribution in [3.8, 4) is 0 Å². The van der Waals surface area contributed by atoms with Gasteiger partial charge in [-0.1, -0.05) is 0 Å². The summed E-state index contributed by atoms with van der Waals surface area (Å²) in [6.45, 7) is 6.80. The van der Waals surface area contributed by atoms with Gasteiger partial charge in [-0.25, -0.2) is 0 Å². The zero-order valence-corrected chi connectivity index (χ0v) is 8.46. The zero-order valence-electron chi connectivity index (χ0n) is 8.46. The van der Waals surface area contributed by atoms with Crippen molar-refractivity contribution in [2.24, 2.45) is 5.73 Å². The molecule has 0 radical (unpaired) electrons. The fourth-order valence-electron chi connectivity index (χ4n) is 0.977. The van der Waals surface area contributed by atoms with Crippen LogP contribution in [0.15, 0.2) is 16.5 Å². The predicted molar refractivity (Wildman–Crippen MR) is 51.4 cm³/mol. The van der Waals surface area contributed by atoms with E-state index in [1.54, 1.807) is 0 Å². The van der Waals surface area contributed by atoms with E-state index in [1.807, 2.05) is 32.9 Å². The Bertz CT molecular complexity index is 260. The van der Waals surface area contributed by atoms with Gasteiger partial charge in [0.05, 0.1) is 6.61 Å². The largest absolute Gasteiger partial charge is 0.464 e. The maximum atomic E-state index is 5.75. The summed E-state index contributed by atoms with van der Waals surface area (Å²) in [5.41, 5.74) is 5.47. The van der Waals surface area contributed by atoms with Crippen molar-refractivity contribution < 1.29 is 9.15 Å². The van der Waals surface area contributed by atoms with Gasteiger partial charge in [0.2, 0.25) is 0 Å². The van der Waals surface area contributed by atoms with Crippen LogP contribution in [0.3, 0.4) is 0 Å². The lowest BCUT2D eigenvalue weighted by Crippen LogP contribution is -2.37. The van der Waals surface area contributed by atoms with Crippen LogP contribution in [-0.2, 0) is 11.3 Å². The minimum absolute atomic E-state index is 0.276. The molecule has 1 aromatic heterocycles. The molecule has 74 valence electrons. The molecule has 0 spiro atoms. The van der Waals surface area contributed by atoms with Crippen LogP contribution in [0.25, 0.3) is 0 Å². The molecule has 0 amide bonds. The molecule has 0 aromatic carbocycles. The van der Waals surface area contributed by atoms with Gasteiger partial charge in [-0.15, -0.1) is 0 Å². The van der Waals surface area contributed by atoms with Crippen LogP contribution >= 0.6 is 0 Å². The van der Waals surface area contributed by atoms with Gasteiger partial charge in [-0.3, -0.25) is 0 Å². The second-order valence-electron chi connectivity index (χ2n) is 3.99. The van der Waals surface area contributed by atoms with Crippen molar-refractivity contribution >= 4 is 0 Å². The van der Waals surface area contributed by atoms with Crippen LogP contribution in [0.4, 0.5) is 0 Å². The zero-order chi connectivity index (χ0) is 9.90. The van der Waals surface area contributed by atoms with Gasteiger partial charge in [0.15, 0.2) is 0 Å². The normalized spacial score (nSPS) is 12.0. The molecule has 3 heteroatoms. The first-order valence-electron chi connectivity index (χ1n) is 4.39. The summed E-state index contributed by atoms with van der Waals surface area (Å²) >= 11 is 0. The summed E-state index contributed by atoms with van der Waals surface area (Å²) in [7, 11) is 0. The average molecular weight is 183 g/mol. The highest BCUT2D eigenvalue weighted by molar-refractivity contribution is 5.04. The van der Waals surface area contributed by atoms with E-state index in [4.69, 9.17) is 14.9 Å². The Kier molecular flexibility index (Phi) is 3.12. The summed E-state index contributed by atoms with van der Waals surface area (Å²) in [6, 6.07) is 3.84. The molecule has 0 atom stereocenters. The van der Waals surface area contributed by atoms with E-state index in [9.17, 15) is 0 Å². The highest BCUT2D eigenvalue weighted by Crippen LogP contribution is 2.08. The standard InChI is InChI=1S/C10H17NO2/c1-8-4-5-9(13-8)6-12-7-10(2,3)11/h4-5H,6-7,11H2,1-3H3. The van der Waals surface area contributed by atoms with Crippen LogP contribution < -0.4 is 5.73 Å². The summed E-state index contributed by atoms with van der Waals surface area (Å²) in [5, 5.41) is 0. The fourth-order valence-corrected chi connectivity index (χ4v) is 0.977.